The fraction of sp³-hybridized carbons (Fsp3) is 0.833. The minimum atomic E-state index is -0.234. The largest absolute Gasteiger partial charge is 0.377 e. The van der Waals surface area contributed by atoms with E-state index in [1.165, 1.54) is 0 Å². The van der Waals surface area contributed by atoms with Crippen molar-refractivity contribution in [2.75, 3.05) is 14.2 Å². The quantitative estimate of drug-likeness (QED) is 0.817. The molecule has 1 aromatic rings. The molecule has 5 heteroatoms. The number of likely N-dealkylation sites (N-methyl/N-ethyl adjacent to an activating group) is 1. The van der Waals surface area contributed by atoms with Crippen LogP contribution in [0.2, 0.25) is 0 Å². The van der Waals surface area contributed by atoms with Crippen LogP contribution in [0.5, 0.6) is 0 Å². The molecule has 98 valence electrons. The Labute approximate surface area is 104 Å². The molecule has 1 aromatic heterocycles. The van der Waals surface area contributed by atoms with Gasteiger partial charge in [0.2, 0.25) is 0 Å². The molecule has 1 atom stereocenters. The van der Waals surface area contributed by atoms with E-state index in [-0.39, 0.29) is 11.6 Å². The van der Waals surface area contributed by atoms with E-state index in [1.54, 1.807) is 13.4 Å². The second-order valence-electron chi connectivity index (χ2n) is 5.07. The van der Waals surface area contributed by atoms with Crippen molar-refractivity contribution < 1.29 is 4.74 Å². The molecule has 0 saturated carbocycles. The molecule has 0 amide bonds. The van der Waals surface area contributed by atoms with E-state index in [0.717, 1.165) is 12.2 Å². The molecule has 0 aliphatic heterocycles. The van der Waals surface area contributed by atoms with Crippen molar-refractivity contribution in [2.45, 2.75) is 51.8 Å². The Morgan fingerprint density at radius 1 is 1.47 bits per heavy atom. The highest BCUT2D eigenvalue weighted by Gasteiger charge is 2.29. The summed E-state index contributed by atoms with van der Waals surface area (Å²) >= 11 is 0. The Kier molecular flexibility index (Phi) is 4.65. The maximum Gasteiger partial charge on any atom is 0.138 e. The van der Waals surface area contributed by atoms with Gasteiger partial charge in [0.1, 0.15) is 12.2 Å². The van der Waals surface area contributed by atoms with Crippen molar-refractivity contribution in [3.63, 3.8) is 0 Å². The van der Waals surface area contributed by atoms with E-state index >= 15 is 0 Å². The van der Waals surface area contributed by atoms with Crippen LogP contribution in [0, 0.1) is 0 Å². The monoisotopic (exact) mass is 240 g/mol. The van der Waals surface area contributed by atoms with Gasteiger partial charge in [0.25, 0.3) is 0 Å². The normalized spacial score (nSPS) is 14.3. The lowest BCUT2D eigenvalue weighted by molar-refractivity contribution is -0.00879. The van der Waals surface area contributed by atoms with Crippen LogP contribution >= 0.6 is 0 Å². The van der Waals surface area contributed by atoms with Gasteiger partial charge >= 0.3 is 0 Å². The number of methoxy groups -OCH3 is 1. The fourth-order valence-corrected chi connectivity index (χ4v) is 1.87. The molecule has 0 radical (unpaired) electrons. The Balaban J connectivity index is 2.84. The molecule has 0 aliphatic rings. The minimum absolute atomic E-state index is 0.203. The van der Waals surface area contributed by atoms with Crippen molar-refractivity contribution in [3.05, 3.63) is 12.2 Å². The molecular weight excluding hydrogens is 216 g/mol. The Bertz CT molecular complexity index is 346. The van der Waals surface area contributed by atoms with Crippen molar-refractivity contribution in [2.24, 2.45) is 0 Å². The average Bonchev–Trinajstić information content (AvgIpc) is 2.73. The molecule has 0 saturated heterocycles. The standard InChI is InChI=1S/C12H24N4O/c1-9(2)16-11(14-8-15-16)7-10(13-5)12(3,4)17-6/h8-10,13H,7H2,1-6H3. The van der Waals surface area contributed by atoms with Crippen LogP contribution in [0.15, 0.2) is 6.33 Å². The first kappa shape index (κ1) is 14.1. The zero-order valence-corrected chi connectivity index (χ0v) is 11.7. The fourth-order valence-electron chi connectivity index (χ4n) is 1.87. The van der Waals surface area contributed by atoms with Crippen LogP contribution in [0.3, 0.4) is 0 Å². The zero-order chi connectivity index (χ0) is 13.1. The summed E-state index contributed by atoms with van der Waals surface area (Å²) in [5.74, 6) is 0.990. The zero-order valence-electron chi connectivity index (χ0n) is 11.7. The van der Waals surface area contributed by atoms with E-state index < -0.39 is 0 Å². The Hall–Kier alpha value is -0.940. The summed E-state index contributed by atoms with van der Waals surface area (Å²) in [6, 6.07) is 0.532. The summed E-state index contributed by atoms with van der Waals surface area (Å²) in [5, 5.41) is 7.54. The number of nitrogens with one attached hydrogen (secondary N) is 1. The van der Waals surface area contributed by atoms with Gasteiger partial charge < -0.3 is 10.1 Å². The van der Waals surface area contributed by atoms with Crippen molar-refractivity contribution in [3.8, 4) is 0 Å². The molecular formula is C12H24N4O. The predicted octanol–water partition coefficient (Wildman–Crippen LogP) is 1.41. The first-order valence-electron chi connectivity index (χ1n) is 6.03. The number of ether oxygens (including phenoxy) is 1. The topological polar surface area (TPSA) is 52.0 Å². The molecule has 0 aliphatic carbocycles. The molecule has 5 nitrogen and oxygen atoms in total. The van der Waals surface area contributed by atoms with E-state index in [4.69, 9.17) is 4.74 Å². The van der Waals surface area contributed by atoms with Gasteiger partial charge in [-0.3, -0.25) is 0 Å². The van der Waals surface area contributed by atoms with Crippen LogP contribution in [0.1, 0.15) is 39.6 Å². The van der Waals surface area contributed by atoms with Crippen molar-refractivity contribution >= 4 is 0 Å². The molecule has 0 bridgehead atoms. The Morgan fingerprint density at radius 2 is 2.12 bits per heavy atom. The Morgan fingerprint density at radius 3 is 2.59 bits per heavy atom. The van der Waals surface area contributed by atoms with Crippen LogP contribution < -0.4 is 5.32 Å². The molecule has 0 spiro atoms. The summed E-state index contributed by atoms with van der Waals surface area (Å²) in [7, 11) is 3.68. The van der Waals surface area contributed by atoms with Gasteiger partial charge in [-0.1, -0.05) is 0 Å². The summed E-state index contributed by atoms with van der Waals surface area (Å²) in [4.78, 5) is 4.33. The third kappa shape index (κ3) is 3.26. The van der Waals surface area contributed by atoms with Crippen LogP contribution in [-0.4, -0.2) is 40.6 Å². The van der Waals surface area contributed by atoms with Crippen LogP contribution in [-0.2, 0) is 11.2 Å². The first-order valence-corrected chi connectivity index (χ1v) is 6.03. The number of hydrogen-bond donors (Lipinski definition) is 1. The molecule has 0 fully saturated rings. The highest BCUT2D eigenvalue weighted by Crippen LogP contribution is 2.18. The first-order chi connectivity index (χ1) is 7.92. The summed E-state index contributed by atoms with van der Waals surface area (Å²) in [6.07, 6.45) is 2.41. The van der Waals surface area contributed by atoms with Gasteiger partial charge in [-0.2, -0.15) is 5.10 Å². The lowest BCUT2D eigenvalue weighted by Crippen LogP contribution is -2.48. The number of hydrogen-bond acceptors (Lipinski definition) is 4. The van der Waals surface area contributed by atoms with E-state index in [1.807, 2.05) is 11.7 Å². The van der Waals surface area contributed by atoms with Gasteiger partial charge in [0.05, 0.1) is 5.60 Å². The summed E-state index contributed by atoms with van der Waals surface area (Å²) in [5.41, 5.74) is -0.234. The maximum atomic E-state index is 5.52. The second kappa shape index (κ2) is 5.60. The van der Waals surface area contributed by atoms with Crippen molar-refractivity contribution in [1.82, 2.24) is 20.1 Å². The van der Waals surface area contributed by atoms with Gasteiger partial charge in [-0.05, 0) is 34.7 Å². The lowest BCUT2D eigenvalue weighted by Gasteiger charge is -2.32. The highest BCUT2D eigenvalue weighted by atomic mass is 16.5. The number of aromatic nitrogens is 3. The van der Waals surface area contributed by atoms with Gasteiger partial charge in [-0.25, -0.2) is 9.67 Å². The molecule has 17 heavy (non-hydrogen) atoms. The predicted molar refractivity (Wildman–Crippen MR) is 68.0 cm³/mol. The van der Waals surface area contributed by atoms with Gasteiger partial charge in [0, 0.05) is 25.6 Å². The molecule has 1 unspecified atom stereocenters. The van der Waals surface area contributed by atoms with Gasteiger partial charge in [-0.15, -0.1) is 0 Å². The van der Waals surface area contributed by atoms with Crippen molar-refractivity contribution in [1.29, 1.82) is 0 Å². The lowest BCUT2D eigenvalue weighted by atomic mass is 9.95. The summed E-state index contributed by atoms with van der Waals surface area (Å²) < 4.78 is 7.47. The third-order valence-corrected chi connectivity index (χ3v) is 3.24. The third-order valence-electron chi connectivity index (χ3n) is 3.24. The smallest absolute Gasteiger partial charge is 0.138 e. The SMILES string of the molecule is CNC(Cc1ncnn1C(C)C)C(C)(C)OC. The summed E-state index contributed by atoms with van der Waals surface area (Å²) in [6.45, 7) is 8.36. The average molecular weight is 240 g/mol. The highest BCUT2D eigenvalue weighted by molar-refractivity contribution is 4.96. The molecule has 1 rings (SSSR count). The van der Waals surface area contributed by atoms with E-state index in [0.29, 0.717) is 6.04 Å². The van der Waals surface area contributed by atoms with E-state index in [2.05, 4.69) is 43.1 Å². The second-order valence-corrected chi connectivity index (χ2v) is 5.07. The molecule has 1 heterocycles. The molecule has 1 N–H and O–H groups in total. The number of rotatable bonds is 6. The van der Waals surface area contributed by atoms with E-state index in [9.17, 15) is 0 Å². The van der Waals surface area contributed by atoms with Crippen LogP contribution in [0.25, 0.3) is 0 Å². The number of nitrogens with zero attached hydrogens (tertiary/aromatic N) is 3. The maximum absolute atomic E-state index is 5.52. The minimum Gasteiger partial charge on any atom is -0.377 e. The van der Waals surface area contributed by atoms with Crippen LogP contribution in [0.4, 0.5) is 0 Å². The van der Waals surface area contributed by atoms with Gasteiger partial charge in [0.15, 0.2) is 0 Å². The molecule has 0 aromatic carbocycles.